The molecule has 3 aliphatic heterocycles. The second-order valence-electron chi connectivity index (χ2n) is 17.4. The molecule has 394 valence electrons. The first-order chi connectivity index (χ1) is 37.1. The third kappa shape index (κ3) is 10.8. The number of fused-ring (bicyclic) bond motifs is 3. The van der Waals surface area contributed by atoms with Crippen molar-refractivity contribution in [2.45, 2.75) is 25.9 Å². The van der Waals surface area contributed by atoms with Gasteiger partial charge in [0.25, 0.3) is 0 Å². The van der Waals surface area contributed by atoms with Gasteiger partial charge < -0.3 is 56.0 Å². The topological polar surface area (TPSA) is 381 Å². The van der Waals surface area contributed by atoms with Crippen molar-refractivity contribution in [3.8, 4) is 33.8 Å². The summed E-state index contributed by atoms with van der Waals surface area (Å²) in [6.45, 7) is 11.7. The van der Waals surface area contributed by atoms with Gasteiger partial charge in [-0.05, 0) is 13.8 Å². The van der Waals surface area contributed by atoms with Gasteiger partial charge >= 0.3 is 5.97 Å². The summed E-state index contributed by atoms with van der Waals surface area (Å²) in [4.78, 5) is 70.6. The minimum absolute atomic E-state index is 0.0337. The van der Waals surface area contributed by atoms with Gasteiger partial charge in [-0.15, -0.1) is 0 Å². The maximum atomic E-state index is 12.0. The van der Waals surface area contributed by atoms with Gasteiger partial charge in [0.15, 0.2) is 16.9 Å². The van der Waals surface area contributed by atoms with E-state index in [1.807, 2.05) is 11.8 Å². The van der Waals surface area contributed by atoms with Gasteiger partial charge in [-0.2, -0.15) is 30.2 Å². The molecule has 12 heterocycles. The molecule has 0 saturated carbocycles. The molecule has 76 heavy (non-hydrogen) atoms. The molecule has 2 unspecified atom stereocenters. The molecule has 3 fully saturated rings. The summed E-state index contributed by atoms with van der Waals surface area (Å²) in [7, 11) is 1.34. The number of aromatic amines is 1. The molecule has 0 aliphatic carbocycles. The fourth-order valence-corrected chi connectivity index (χ4v) is 8.36. The number of carbonyl (C=O) groups excluding carboxylic acids is 1. The van der Waals surface area contributed by atoms with E-state index < -0.39 is 12.0 Å². The zero-order chi connectivity index (χ0) is 52.7. The largest absolute Gasteiger partial charge is 0.467 e. The summed E-state index contributed by atoms with van der Waals surface area (Å²) in [6.07, 6.45) is 14.8. The summed E-state index contributed by atoms with van der Waals surface area (Å²) < 4.78 is 24.3. The first-order valence-corrected chi connectivity index (χ1v) is 24.2. The molecule has 12 rings (SSSR count). The highest BCUT2D eigenvalue weighted by Crippen LogP contribution is 2.32. The highest BCUT2D eigenvalue weighted by Gasteiger charge is 2.26. The summed E-state index contributed by atoms with van der Waals surface area (Å²) in [5, 5.41) is 27.5. The molecular weight excluding hydrogens is 985 g/mol. The average Bonchev–Trinajstić information content (AvgIpc) is 4.28. The summed E-state index contributed by atoms with van der Waals surface area (Å²) in [6, 6.07) is -0.832. The van der Waals surface area contributed by atoms with E-state index in [1.54, 1.807) is 67.4 Å². The molecule has 2 atom stereocenters. The van der Waals surface area contributed by atoms with Crippen molar-refractivity contribution in [1.29, 1.82) is 0 Å². The third-order valence-corrected chi connectivity index (χ3v) is 12.5. The Morgan fingerprint density at radius 2 is 0.947 bits per heavy atom. The monoisotopic (exact) mass is 1040 g/mol. The third-order valence-electron chi connectivity index (χ3n) is 12.5. The van der Waals surface area contributed by atoms with Gasteiger partial charge in [0.1, 0.15) is 6.04 Å². The molecule has 9 aromatic rings. The number of hydrogen-bond acceptors (Lipinski definition) is 27. The molecule has 8 N–H and O–H groups in total. The molecule has 0 aromatic carbocycles. The first-order valence-electron chi connectivity index (χ1n) is 24.2. The lowest BCUT2D eigenvalue weighted by molar-refractivity contribution is -0.144. The number of aliphatic hydroxyl groups excluding tert-OH is 1. The van der Waals surface area contributed by atoms with E-state index >= 15 is 0 Å². The van der Waals surface area contributed by atoms with E-state index in [9.17, 15) is 9.90 Å². The number of nitrogens with two attached hydrogens (primary N) is 3. The maximum Gasteiger partial charge on any atom is 0.330 e. The van der Waals surface area contributed by atoms with E-state index in [1.165, 1.54) is 11.8 Å². The lowest BCUT2D eigenvalue weighted by Gasteiger charge is -2.27. The fourth-order valence-electron chi connectivity index (χ4n) is 8.36. The number of aromatic nitrogens is 18. The number of esters is 1. The van der Waals surface area contributed by atoms with Crippen LogP contribution in [0.25, 0.3) is 66.9 Å². The van der Waals surface area contributed by atoms with E-state index in [0.717, 1.165) is 40.7 Å². The van der Waals surface area contributed by atoms with E-state index in [2.05, 4.69) is 75.1 Å². The summed E-state index contributed by atoms with van der Waals surface area (Å²) >= 11 is 0. The zero-order valence-electron chi connectivity index (χ0n) is 41.7. The number of nitrogen functional groups attached to an aromatic ring is 3. The average molecular weight is 1040 g/mol. The predicted molar refractivity (Wildman–Crippen MR) is 276 cm³/mol. The lowest BCUT2D eigenvalue weighted by Crippen LogP contribution is -2.37. The minimum Gasteiger partial charge on any atom is -0.467 e. The molecule has 0 spiro atoms. The standard InChI is InChI=1S/C17H20N8O3.C16H20N8O2.C13H14N8O/c1-10(15(26)27-2)25-14-12(9-21-25)13(11-7-19-16(18)20-8-11)22-17(23-14)24-3-5-28-6-4-24;1-10(9-25)24-14-12(8-20-24)13(11-6-18-15(17)19-7-11)21-16(22-14)23-2-4-26-5-3-23;14-12-15-5-8(6-16-12)10-9-7-17-20-11(9)19-13(18-10)21-1-3-22-4-2-21/h7-10H,3-6H2,1-2H3,(H2,18,19,20);6-8,10,25H,2-5,9H2,1H3,(H2,17,18,19);5-7H,1-4H2,(H2,14,15,16)(H,17,18,19,20). The van der Waals surface area contributed by atoms with E-state index in [-0.39, 0.29) is 30.5 Å². The molecule has 30 heteroatoms. The Morgan fingerprint density at radius 1 is 0.566 bits per heavy atom. The van der Waals surface area contributed by atoms with Crippen LogP contribution >= 0.6 is 0 Å². The zero-order valence-corrected chi connectivity index (χ0v) is 41.7. The quantitative estimate of drug-likeness (QED) is 0.119. The van der Waals surface area contributed by atoms with Crippen LogP contribution in [0.15, 0.2) is 55.8 Å². The van der Waals surface area contributed by atoms with Crippen LogP contribution in [0.3, 0.4) is 0 Å². The number of anilines is 6. The predicted octanol–water partition coefficient (Wildman–Crippen LogP) is 0.920. The van der Waals surface area contributed by atoms with E-state index in [0.29, 0.717) is 123 Å². The number of morpholine rings is 3. The van der Waals surface area contributed by atoms with Gasteiger partial charge in [-0.3, -0.25) is 5.10 Å². The van der Waals surface area contributed by atoms with Crippen molar-refractivity contribution in [1.82, 2.24) is 89.6 Å². The van der Waals surface area contributed by atoms with Gasteiger partial charge in [-0.1, -0.05) is 0 Å². The van der Waals surface area contributed by atoms with Crippen molar-refractivity contribution >= 4 is 74.8 Å². The van der Waals surface area contributed by atoms with Crippen LogP contribution in [0.4, 0.5) is 35.7 Å². The number of H-pyrrole nitrogens is 1. The Labute approximate surface area is 432 Å². The highest BCUT2D eigenvalue weighted by atomic mass is 16.5. The highest BCUT2D eigenvalue weighted by molar-refractivity contribution is 5.93. The van der Waals surface area contributed by atoms with Crippen LogP contribution in [0, 0.1) is 0 Å². The normalized spacial score (nSPS) is 15.7. The van der Waals surface area contributed by atoms with E-state index in [4.69, 9.17) is 51.1 Å². The number of aliphatic hydroxyl groups is 1. The Kier molecular flexibility index (Phi) is 15.0. The van der Waals surface area contributed by atoms with Crippen LogP contribution in [-0.2, 0) is 23.7 Å². The maximum absolute atomic E-state index is 12.0. The molecule has 0 radical (unpaired) electrons. The molecule has 0 amide bonds. The van der Waals surface area contributed by atoms with Crippen LogP contribution in [-0.4, -0.2) is 193 Å². The second kappa shape index (κ2) is 22.6. The van der Waals surface area contributed by atoms with Crippen LogP contribution in [0.2, 0.25) is 0 Å². The Bertz CT molecular complexity index is 3410. The first kappa shape index (κ1) is 50.5. The molecular formula is C46H54N24O6. The van der Waals surface area contributed by atoms with Gasteiger partial charge in [0, 0.05) is 93.1 Å². The number of methoxy groups -OCH3 is 1. The number of ether oxygens (including phenoxy) is 4. The van der Waals surface area contributed by atoms with Crippen LogP contribution in [0.1, 0.15) is 25.9 Å². The van der Waals surface area contributed by atoms with Crippen molar-refractivity contribution in [3.63, 3.8) is 0 Å². The van der Waals surface area contributed by atoms with Crippen LogP contribution in [0.5, 0.6) is 0 Å². The molecule has 0 bridgehead atoms. The SMILES string of the molecule is CC(CO)n1ncc2c(-c3cnc(N)nc3)nc(N3CCOCC3)nc21.COC(=O)C(C)n1ncc2c(-c3cnc(N)nc3)nc(N3CCOCC3)nc21.Nc1ncc(-c2nc(N3CCOCC3)nc3[nH]ncc23)cn1. The van der Waals surface area contributed by atoms with Gasteiger partial charge in [0.2, 0.25) is 35.7 Å². The molecule has 9 aromatic heterocycles. The van der Waals surface area contributed by atoms with Gasteiger partial charge in [-0.25, -0.2) is 59.0 Å². The van der Waals surface area contributed by atoms with Crippen molar-refractivity contribution in [2.24, 2.45) is 0 Å². The Hall–Kier alpha value is -9.00. The molecule has 3 aliphatic rings. The van der Waals surface area contributed by atoms with Crippen molar-refractivity contribution in [2.75, 3.05) is 125 Å². The lowest BCUT2D eigenvalue weighted by atomic mass is 10.2. The number of rotatable bonds is 10. The molecule has 30 nitrogen and oxygen atoms in total. The molecule has 3 saturated heterocycles. The summed E-state index contributed by atoms with van der Waals surface area (Å²) in [5.41, 5.74) is 22.9. The second-order valence-corrected chi connectivity index (χ2v) is 17.4. The van der Waals surface area contributed by atoms with Crippen LogP contribution < -0.4 is 31.9 Å². The Balaban J connectivity index is 0.000000130. The van der Waals surface area contributed by atoms with Crippen molar-refractivity contribution < 1.29 is 28.8 Å². The minimum atomic E-state index is -0.634. The number of carbonyl (C=O) groups is 1. The number of nitrogens with zero attached hydrogens (tertiary/aromatic N) is 20. The fraction of sp³-hybridized carbons (Fsp3) is 0.391. The number of hydrogen-bond donors (Lipinski definition) is 5. The number of nitrogens with one attached hydrogen (secondary N) is 1. The Morgan fingerprint density at radius 3 is 1.36 bits per heavy atom. The van der Waals surface area contributed by atoms with Gasteiger partial charge in [0.05, 0.1) is 111 Å². The van der Waals surface area contributed by atoms with Crippen molar-refractivity contribution in [3.05, 3.63) is 55.8 Å². The summed E-state index contributed by atoms with van der Waals surface area (Å²) in [5.74, 6) is 1.98. The smallest absolute Gasteiger partial charge is 0.330 e.